The molecule has 0 aliphatic carbocycles. The Morgan fingerprint density at radius 2 is 1.54 bits per heavy atom. The van der Waals surface area contributed by atoms with Gasteiger partial charge in [0.25, 0.3) is 0 Å². The van der Waals surface area contributed by atoms with Crippen molar-refractivity contribution >= 4 is 34.3 Å². The Morgan fingerprint density at radius 3 is 2.19 bits per heavy atom. The molecule has 138 valence electrons. The van der Waals surface area contributed by atoms with Gasteiger partial charge in [0.05, 0.1) is 5.75 Å². The summed E-state index contributed by atoms with van der Waals surface area (Å²) in [5.41, 5.74) is -0.363. The van der Waals surface area contributed by atoms with Crippen molar-refractivity contribution < 1.29 is 9.59 Å². The molecule has 5 heteroatoms. The number of hydrogen-bond acceptors (Lipinski definition) is 3. The molecular formula is C21H26N2O2S. The quantitative estimate of drug-likeness (QED) is 0.775. The number of rotatable bonds is 3. The second-order valence-corrected chi connectivity index (χ2v) is 8.77. The molecule has 0 aromatic heterocycles. The number of benzene rings is 2. The van der Waals surface area contributed by atoms with E-state index in [1.54, 1.807) is 11.8 Å². The molecule has 4 nitrogen and oxygen atoms in total. The zero-order valence-electron chi connectivity index (χ0n) is 15.7. The molecule has 26 heavy (non-hydrogen) atoms. The van der Waals surface area contributed by atoms with E-state index < -0.39 is 0 Å². The molecule has 0 saturated carbocycles. The second kappa shape index (κ2) is 7.70. The average Bonchev–Trinajstić information content (AvgIpc) is 2.64. The van der Waals surface area contributed by atoms with Crippen molar-refractivity contribution in [3.63, 3.8) is 0 Å². The van der Waals surface area contributed by atoms with Crippen molar-refractivity contribution in [2.75, 3.05) is 31.9 Å². The summed E-state index contributed by atoms with van der Waals surface area (Å²) in [7, 11) is 0. The fourth-order valence-electron chi connectivity index (χ4n) is 3.13. The van der Waals surface area contributed by atoms with E-state index in [4.69, 9.17) is 0 Å². The fourth-order valence-corrected chi connectivity index (χ4v) is 3.97. The number of piperazine rings is 1. The zero-order valence-corrected chi connectivity index (χ0v) is 16.5. The monoisotopic (exact) mass is 370 g/mol. The van der Waals surface area contributed by atoms with Gasteiger partial charge in [-0.15, -0.1) is 11.8 Å². The van der Waals surface area contributed by atoms with Gasteiger partial charge in [-0.1, -0.05) is 51.1 Å². The third-order valence-corrected chi connectivity index (χ3v) is 5.62. The minimum absolute atomic E-state index is 0.144. The highest BCUT2D eigenvalue weighted by Crippen LogP contribution is 2.24. The summed E-state index contributed by atoms with van der Waals surface area (Å²) in [5, 5.41) is 2.40. The first-order valence-corrected chi connectivity index (χ1v) is 10.0. The lowest BCUT2D eigenvalue weighted by Crippen LogP contribution is -2.53. The number of hydrogen-bond donors (Lipinski definition) is 0. The summed E-state index contributed by atoms with van der Waals surface area (Å²) in [6, 6.07) is 14.5. The van der Waals surface area contributed by atoms with Crippen LogP contribution in [0.4, 0.5) is 0 Å². The molecule has 1 heterocycles. The third kappa shape index (κ3) is 4.39. The van der Waals surface area contributed by atoms with Gasteiger partial charge in [-0.05, 0) is 22.9 Å². The maximum Gasteiger partial charge on any atom is 0.233 e. The Labute approximate surface area is 159 Å². The van der Waals surface area contributed by atoms with Crippen molar-refractivity contribution in [2.45, 2.75) is 25.7 Å². The first-order valence-electron chi connectivity index (χ1n) is 9.03. The lowest BCUT2D eigenvalue weighted by molar-refractivity contribution is -0.144. The summed E-state index contributed by atoms with van der Waals surface area (Å²) in [6.07, 6.45) is 0. The number of fused-ring (bicyclic) bond motifs is 1. The first kappa shape index (κ1) is 18.8. The largest absolute Gasteiger partial charge is 0.339 e. The van der Waals surface area contributed by atoms with Crippen LogP contribution in [-0.2, 0) is 9.59 Å². The minimum Gasteiger partial charge on any atom is -0.339 e. The first-order chi connectivity index (χ1) is 12.3. The van der Waals surface area contributed by atoms with Crippen molar-refractivity contribution in [3.05, 3.63) is 42.5 Å². The molecule has 1 fully saturated rings. The van der Waals surface area contributed by atoms with E-state index in [1.165, 1.54) is 10.8 Å². The van der Waals surface area contributed by atoms with Gasteiger partial charge in [0, 0.05) is 36.5 Å². The van der Waals surface area contributed by atoms with Crippen molar-refractivity contribution in [2.24, 2.45) is 5.41 Å². The van der Waals surface area contributed by atoms with Crippen molar-refractivity contribution in [1.29, 1.82) is 0 Å². The van der Waals surface area contributed by atoms with Crippen LogP contribution in [0.25, 0.3) is 10.8 Å². The fraction of sp³-hybridized carbons (Fsp3) is 0.429. The number of carbonyl (C=O) groups is 2. The molecule has 1 saturated heterocycles. The van der Waals surface area contributed by atoms with Crippen molar-refractivity contribution in [3.8, 4) is 0 Å². The molecule has 2 aromatic carbocycles. The van der Waals surface area contributed by atoms with Gasteiger partial charge in [0.1, 0.15) is 0 Å². The summed E-state index contributed by atoms with van der Waals surface area (Å²) in [5.74, 6) is 0.743. The predicted octanol–water partition coefficient (Wildman–Crippen LogP) is 3.65. The summed E-state index contributed by atoms with van der Waals surface area (Å²) in [6.45, 7) is 8.32. The lowest BCUT2D eigenvalue weighted by atomic mass is 9.94. The van der Waals surface area contributed by atoms with E-state index in [1.807, 2.05) is 42.7 Å². The summed E-state index contributed by atoms with van der Waals surface area (Å²) in [4.78, 5) is 29.7. The molecule has 1 aliphatic heterocycles. The SMILES string of the molecule is CC(C)(C)C(=O)N1CCN(C(=O)CSc2ccc3ccccc3c2)CC1. The smallest absolute Gasteiger partial charge is 0.233 e. The van der Waals surface area contributed by atoms with Crippen molar-refractivity contribution in [1.82, 2.24) is 9.80 Å². The Kier molecular flexibility index (Phi) is 5.56. The molecule has 0 N–H and O–H groups in total. The van der Waals surface area contributed by atoms with E-state index >= 15 is 0 Å². The van der Waals surface area contributed by atoms with E-state index in [-0.39, 0.29) is 17.2 Å². The molecule has 0 radical (unpaired) electrons. The van der Waals surface area contributed by atoms with Crippen LogP contribution < -0.4 is 0 Å². The van der Waals surface area contributed by atoms with Crippen LogP contribution in [-0.4, -0.2) is 53.5 Å². The summed E-state index contributed by atoms with van der Waals surface area (Å²) < 4.78 is 0. The number of amides is 2. The maximum atomic E-state index is 12.5. The van der Waals surface area contributed by atoms with Crippen LogP contribution in [0.3, 0.4) is 0 Å². The van der Waals surface area contributed by atoms with Crippen LogP contribution in [0.5, 0.6) is 0 Å². The average molecular weight is 371 g/mol. The van der Waals surface area contributed by atoms with Gasteiger partial charge >= 0.3 is 0 Å². The van der Waals surface area contributed by atoms with E-state index in [2.05, 4.69) is 30.3 Å². The number of nitrogens with zero attached hydrogens (tertiary/aromatic N) is 2. The second-order valence-electron chi connectivity index (χ2n) is 7.72. The van der Waals surface area contributed by atoms with Gasteiger partial charge < -0.3 is 9.80 Å². The van der Waals surface area contributed by atoms with E-state index in [0.717, 1.165) is 4.90 Å². The maximum absolute atomic E-state index is 12.5. The van der Waals surface area contributed by atoms with Crippen LogP contribution in [0.1, 0.15) is 20.8 Å². The predicted molar refractivity (Wildman–Crippen MR) is 107 cm³/mol. The molecule has 0 spiro atoms. The van der Waals surface area contributed by atoms with Crippen LogP contribution >= 0.6 is 11.8 Å². The lowest BCUT2D eigenvalue weighted by Gasteiger charge is -2.37. The molecule has 0 unspecified atom stereocenters. The Balaban J connectivity index is 1.52. The topological polar surface area (TPSA) is 40.6 Å². The standard InChI is InChI=1S/C21H26N2O2S/c1-21(2,3)20(25)23-12-10-22(11-13-23)19(24)15-26-18-9-8-16-6-4-5-7-17(16)14-18/h4-9,14H,10-13,15H2,1-3H3. The normalized spacial score (nSPS) is 15.3. The molecule has 2 aromatic rings. The zero-order chi connectivity index (χ0) is 18.7. The highest BCUT2D eigenvalue weighted by molar-refractivity contribution is 8.00. The molecule has 0 atom stereocenters. The minimum atomic E-state index is -0.363. The Morgan fingerprint density at radius 1 is 0.923 bits per heavy atom. The van der Waals surface area contributed by atoms with Gasteiger partial charge in [-0.3, -0.25) is 9.59 Å². The third-order valence-electron chi connectivity index (χ3n) is 4.64. The van der Waals surface area contributed by atoms with Gasteiger partial charge in [-0.25, -0.2) is 0 Å². The molecule has 2 amide bonds. The number of carbonyl (C=O) groups excluding carboxylic acids is 2. The molecule has 0 bridgehead atoms. The van der Waals surface area contributed by atoms with Crippen LogP contribution in [0.2, 0.25) is 0 Å². The number of thioether (sulfide) groups is 1. The molecule has 3 rings (SSSR count). The molecular weight excluding hydrogens is 344 g/mol. The van der Waals surface area contributed by atoms with Gasteiger partial charge in [0.15, 0.2) is 0 Å². The summed E-state index contributed by atoms with van der Waals surface area (Å²) >= 11 is 1.58. The van der Waals surface area contributed by atoms with Crippen LogP contribution in [0.15, 0.2) is 47.4 Å². The Hall–Kier alpha value is -2.01. The Bertz CT molecular complexity index is 805. The molecule has 1 aliphatic rings. The van der Waals surface area contributed by atoms with Gasteiger partial charge in [-0.2, -0.15) is 0 Å². The van der Waals surface area contributed by atoms with E-state index in [9.17, 15) is 9.59 Å². The van der Waals surface area contributed by atoms with E-state index in [0.29, 0.717) is 31.9 Å². The highest BCUT2D eigenvalue weighted by atomic mass is 32.2. The highest BCUT2D eigenvalue weighted by Gasteiger charge is 2.30. The van der Waals surface area contributed by atoms with Gasteiger partial charge in [0.2, 0.25) is 11.8 Å². The van der Waals surface area contributed by atoms with Crippen LogP contribution in [0, 0.1) is 5.41 Å².